The van der Waals surface area contributed by atoms with Crippen LogP contribution in [0.2, 0.25) is 0 Å². The Morgan fingerprint density at radius 1 is 0.372 bits per heavy atom. The molecule has 2 heterocycles. The molecular weight excluding hydrogens is 528 g/mol. The van der Waals surface area contributed by atoms with Gasteiger partial charge in [0.15, 0.2) is 23.1 Å². The zero-order chi connectivity index (χ0) is 28.6. The fourth-order valence-corrected chi connectivity index (χ4v) is 5.35. The van der Waals surface area contributed by atoms with Crippen molar-refractivity contribution in [2.75, 3.05) is 0 Å². The van der Waals surface area contributed by atoms with Gasteiger partial charge in [-0.1, -0.05) is 115 Å². The van der Waals surface area contributed by atoms with Crippen LogP contribution in [-0.4, -0.2) is 19.9 Å². The van der Waals surface area contributed by atoms with Gasteiger partial charge in [-0.15, -0.1) is 0 Å². The van der Waals surface area contributed by atoms with Crippen LogP contribution in [0.4, 0.5) is 0 Å². The predicted octanol–water partition coefficient (Wildman–Crippen LogP) is 9.50. The maximum Gasteiger partial charge on any atom is 0.227 e. The Hall–Kier alpha value is -5.94. The third kappa shape index (κ3) is 4.73. The molecule has 0 aliphatic heterocycles. The zero-order valence-electron chi connectivity index (χ0n) is 23.1. The molecule has 0 fully saturated rings. The summed E-state index contributed by atoms with van der Waals surface area (Å²) in [7, 11) is 0. The average Bonchev–Trinajstić information content (AvgIpc) is 3.54. The lowest BCUT2D eigenvalue weighted by atomic mass is 9.99. The molecule has 0 aliphatic carbocycles. The van der Waals surface area contributed by atoms with Crippen LogP contribution in [0.25, 0.3) is 78.6 Å². The Balaban J connectivity index is 1.15. The lowest BCUT2D eigenvalue weighted by Crippen LogP contribution is -2.00. The van der Waals surface area contributed by atoms with Crippen molar-refractivity contribution in [3.05, 3.63) is 146 Å². The summed E-state index contributed by atoms with van der Waals surface area (Å²) >= 11 is 0. The molecule has 0 aliphatic rings. The Kier molecular flexibility index (Phi) is 6.05. The highest BCUT2D eigenvalue weighted by Gasteiger charge is 2.14. The third-order valence-electron chi connectivity index (χ3n) is 7.57. The van der Waals surface area contributed by atoms with Gasteiger partial charge in [0.05, 0.1) is 0 Å². The topological polar surface area (TPSA) is 64.7 Å². The van der Waals surface area contributed by atoms with Gasteiger partial charge in [0.25, 0.3) is 0 Å². The smallest absolute Gasteiger partial charge is 0.227 e. The van der Waals surface area contributed by atoms with Gasteiger partial charge < -0.3 is 4.42 Å². The van der Waals surface area contributed by atoms with Crippen molar-refractivity contribution < 1.29 is 4.42 Å². The van der Waals surface area contributed by atoms with Gasteiger partial charge in [-0.2, -0.15) is 0 Å². The number of aromatic nitrogens is 4. The highest BCUT2D eigenvalue weighted by atomic mass is 16.3. The lowest BCUT2D eigenvalue weighted by molar-refractivity contribution is 0.623. The van der Waals surface area contributed by atoms with Gasteiger partial charge in [-0.05, 0) is 46.8 Å². The molecule has 0 saturated heterocycles. The molecule has 0 saturated carbocycles. The standard InChI is InChI=1S/C38H24N4O/c1-4-10-26(11-5-1)35-40-36(27-12-6-2-7-13-27)42-37(41-35)28-18-16-25(17-19-28)30-20-22-32-31(24-30)21-23-33-34(32)43-38(39-33)29-14-8-3-9-15-29/h1-24H. The number of benzene rings is 6. The average molecular weight is 553 g/mol. The lowest BCUT2D eigenvalue weighted by Gasteiger charge is -2.09. The minimum absolute atomic E-state index is 0.631. The molecule has 0 atom stereocenters. The van der Waals surface area contributed by atoms with E-state index in [-0.39, 0.29) is 0 Å². The molecule has 2 aromatic heterocycles. The fraction of sp³-hybridized carbons (Fsp3) is 0. The van der Waals surface area contributed by atoms with Crippen LogP contribution < -0.4 is 0 Å². The first-order valence-corrected chi connectivity index (χ1v) is 14.1. The molecule has 8 aromatic rings. The summed E-state index contributed by atoms with van der Waals surface area (Å²) in [6, 6.07) is 49.0. The van der Waals surface area contributed by atoms with E-state index in [0.29, 0.717) is 23.4 Å². The van der Waals surface area contributed by atoms with Crippen LogP contribution in [0.3, 0.4) is 0 Å². The monoisotopic (exact) mass is 552 g/mol. The molecule has 0 radical (unpaired) electrons. The molecular formula is C38H24N4O. The predicted molar refractivity (Wildman–Crippen MR) is 172 cm³/mol. The SMILES string of the molecule is c1ccc(-c2nc(-c3ccccc3)nc(-c3ccc(-c4ccc5c(ccc6nc(-c7ccccc7)oc65)c4)cc3)n2)cc1. The van der Waals surface area contributed by atoms with E-state index in [1.165, 1.54) is 0 Å². The highest BCUT2D eigenvalue weighted by molar-refractivity contribution is 6.04. The van der Waals surface area contributed by atoms with Gasteiger partial charge in [-0.25, -0.2) is 19.9 Å². The van der Waals surface area contributed by atoms with E-state index in [2.05, 4.69) is 48.5 Å². The van der Waals surface area contributed by atoms with Crippen LogP contribution in [0.1, 0.15) is 0 Å². The molecule has 0 bridgehead atoms. The van der Waals surface area contributed by atoms with E-state index in [1.54, 1.807) is 0 Å². The summed E-state index contributed by atoms with van der Waals surface area (Å²) in [5.41, 5.74) is 7.68. The number of hydrogen-bond acceptors (Lipinski definition) is 5. The highest BCUT2D eigenvalue weighted by Crippen LogP contribution is 2.33. The van der Waals surface area contributed by atoms with Crippen LogP contribution in [0.15, 0.2) is 150 Å². The van der Waals surface area contributed by atoms with Gasteiger partial charge in [-0.3, -0.25) is 0 Å². The summed E-state index contributed by atoms with van der Waals surface area (Å²) < 4.78 is 6.23. The molecule has 5 nitrogen and oxygen atoms in total. The summed E-state index contributed by atoms with van der Waals surface area (Å²) in [6.07, 6.45) is 0. The normalized spacial score (nSPS) is 11.3. The van der Waals surface area contributed by atoms with Crippen LogP contribution in [-0.2, 0) is 0 Å². The number of nitrogens with zero attached hydrogens (tertiary/aromatic N) is 4. The maximum absolute atomic E-state index is 6.23. The molecule has 43 heavy (non-hydrogen) atoms. The van der Waals surface area contributed by atoms with Crippen LogP contribution >= 0.6 is 0 Å². The van der Waals surface area contributed by atoms with E-state index >= 15 is 0 Å². The molecule has 6 aromatic carbocycles. The largest absolute Gasteiger partial charge is 0.435 e. The summed E-state index contributed by atoms with van der Waals surface area (Å²) in [5, 5.41) is 2.14. The second-order valence-electron chi connectivity index (χ2n) is 10.4. The quantitative estimate of drug-likeness (QED) is 0.213. The molecule has 8 rings (SSSR count). The van der Waals surface area contributed by atoms with Crippen molar-refractivity contribution in [1.82, 2.24) is 19.9 Å². The van der Waals surface area contributed by atoms with Crippen molar-refractivity contribution >= 4 is 21.9 Å². The summed E-state index contributed by atoms with van der Waals surface area (Å²) in [4.78, 5) is 19.2. The molecule has 0 amide bonds. The maximum atomic E-state index is 6.23. The van der Waals surface area contributed by atoms with Crippen molar-refractivity contribution in [3.63, 3.8) is 0 Å². The molecule has 0 spiro atoms. The van der Waals surface area contributed by atoms with E-state index in [9.17, 15) is 0 Å². The van der Waals surface area contributed by atoms with Gasteiger partial charge in [0.1, 0.15) is 5.52 Å². The number of oxazole rings is 1. The van der Waals surface area contributed by atoms with Crippen LogP contribution in [0, 0.1) is 0 Å². The van der Waals surface area contributed by atoms with Crippen molar-refractivity contribution in [3.8, 4) is 56.7 Å². The minimum Gasteiger partial charge on any atom is -0.435 e. The van der Waals surface area contributed by atoms with Gasteiger partial charge in [0.2, 0.25) is 5.89 Å². The Labute approximate surface area is 248 Å². The third-order valence-corrected chi connectivity index (χ3v) is 7.57. The second kappa shape index (κ2) is 10.5. The number of fused-ring (bicyclic) bond motifs is 3. The summed E-state index contributed by atoms with van der Waals surface area (Å²) in [5.74, 6) is 2.57. The Morgan fingerprint density at radius 2 is 0.860 bits per heavy atom. The van der Waals surface area contributed by atoms with Crippen molar-refractivity contribution in [2.45, 2.75) is 0 Å². The Morgan fingerprint density at radius 3 is 1.44 bits per heavy atom. The van der Waals surface area contributed by atoms with E-state index in [4.69, 9.17) is 24.4 Å². The zero-order valence-corrected chi connectivity index (χ0v) is 23.1. The minimum atomic E-state index is 0.631. The van der Waals surface area contributed by atoms with Gasteiger partial charge >= 0.3 is 0 Å². The number of rotatable bonds is 5. The fourth-order valence-electron chi connectivity index (χ4n) is 5.35. The first kappa shape index (κ1) is 24.8. The van der Waals surface area contributed by atoms with E-state index < -0.39 is 0 Å². The summed E-state index contributed by atoms with van der Waals surface area (Å²) in [6.45, 7) is 0. The van der Waals surface area contributed by atoms with Crippen molar-refractivity contribution in [1.29, 1.82) is 0 Å². The van der Waals surface area contributed by atoms with E-state index in [1.807, 2.05) is 97.1 Å². The first-order chi connectivity index (χ1) is 21.3. The molecule has 5 heteroatoms. The number of hydrogen-bond donors (Lipinski definition) is 0. The molecule has 0 N–H and O–H groups in total. The van der Waals surface area contributed by atoms with Crippen LogP contribution in [0.5, 0.6) is 0 Å². The first-order valence-electron chi connectivity index (χ1n) is 14.1. The molecule has 0 unspecified atom stereocenters. The Bertz CT molecular complexity index is 2150. The van der Waals surface area contributed by atoms with E-state index in [0.717, 1.165) is 55.3 Å². The second-order valence-corrected chi connectivity index (χ2v) is 10.4. The van der Waals surface area contributed by atoms with Gasteiger partial charge in [0, 0.05) is 27.6 Å². The van der Waals surface area contributed by atoms with Crippen molar-refractivity contribution in [2.24, 2.45) is 0 Å². The molecule has 202 valence electrons.